The van der Waals surface area contributed by atoms with Crippen LogP contribution in [0.25, 0.3) is 10.8 Å². The first-order valence-electron chi connectivity index (χ1n) is 6.12. The number of aromatic hydroxyl groups is 1. The van der Waals surface area contributed by atoms with E-state index in [1.165, 1.54) is 4.90 Å². The fraction of sp³-hybridized carbons (Fsp3) is 0.286. The topological polar surface area (TPSA) is 53.4 Å². The van der Waals surface area contributed by atoms with Crippen LogP contribution >= 0.6 is 0 Å². The summed E-state index contributed by atoms with van der Waals surface area (Å²) in [5, 5.41) is 11.5. The number of hydrogen-bond acceptors (Lipinski definition) is 3. The monoisotopic (exact) mass is 260 g/mol. The third kappa shape index (κ3) is 1.91. The van der Waals surface area contributed by atoms with Gasteiger partial charge in [-0.05, 0) is 0 Å². The predicted octanol–water partition coefficient (Wildman–Crippen LogP) is 1.98. The zero-order valence-corrected chi connectivity index (χ0v) is 10.2. The van der Waals surface area contributed by atoms with E-state index in [-0.39, 0.29) is 23.3 Å². The number of likely N-dealkylation sites (tertiary alicyclic amines) is 1. The molecule has 1 N–H and O–H groups in total. The Morgan fingerprint density at radius 3 is 2.89 bits per heavy atom. The molecule has 0 radical (unpaired) electrons. The summed E-state index contributed by atoms with van der Waals surface area (Å²) in [5.41, 5.74) is 0.0380. The standard InChI is InChI=1S/C14H13FN2O2/c15-5-9-7-17(8-9)14(19)12-13(18)11-4-2-1-3-10(11)6-16-12/h1-4,6,9,18H,5,7-8H2. The molecule has 0 aliphatic carbocycles. The Morgan fingerprint density at radius 1 is 1.42 bits per heavy atom. The summed E-state index contributed by atoms with van der Waals surface area (Å²) in [7, 11) is 0. The van der Waals surface area contributed by atoms with E-state index in [1.807, 2.05) is 12.1 Å². The second-order valence-corrected chi connectivity index (χ2v) is 4.77. The van der Waals surface area contributed by atoms with Crippen molar-refractivity contribution >= 4 is 16.7 Å². The molecule has 1 aromatic heterocycles. The zero-order valence-electron chi connectivity index (χ0n) is 10.2. The van der Waals surface area contributed by atoms with Gasteiger partial charge in [-0.3, -0.25) is 9.18 Å². The number of pyridine rings is 1. The number of carbonyl (C=O) groups is 1. The molecule has 1 amide bonds. The van der Waals surface area contributed by atoms with Crippen molar-refractivity contribution < 1.29 is 14.3 Å². The Hall–Kier alpha value is -2.17. The van der Waals surface area contributed by atoms with E-state index >= 15 is 0 Å². The summed E-state index contributed by atoms with van der Waals surface area (Å²) in [6, 6.07) is 7.19. The normalized spacial score (nSPS) is 15.5. The van der Waals surface area contributed by atoms with Crippen LogP contribution in [0.5, 0.6) is 5.75 Å². The first-order valence-corrected chi connectivity index (χ1v) is 6.12. The quantitative estimate of drug-likeness (QED) is 0.898. The van der Waals surface area contributed by atoms with Crippen molar-refractivity contribution in [3.8, 4) is 5.75 Å². The smallest absolute Gasteiger partial charge is 0.276 e. The van der Waals surface area contributed by atoms with Gasteiger partial charge in [-0.2, -0.15) is 0 Å². The summed E-state index contributed by atoms with van der Waals surface area (Å²) in [4.78, 5) is 17.7. The molecule has 98 valence electrons. The fourth-order valence-corrected chi connectivity index (χ4v) is 2.29. The summed E-state index contributed by atoms with van der Waals surface area (Å²) < 4.78 is 12.4. The number of fused-ring (bicyclic) bond motifs is 1. The highest BCUT2D eigenvalue weighted by molar-refractivity contribution is 6.01. The van der Waals surface area contributed by atoms with Gasteiger partial charge in [0.15, 0.2) is 11.4 Å². The maximum absolute atomic E-state index is 12.4. The van der Waals surface area contributed by atoms with Gasteiger partial charge in [0, 0.05) is 36.0 Å². The minimum absolute atomic E-state index is 0.0380. The van der Waals surface area contributed by atoms with Gasteiger partial charge in [0.1, 0.15) is 0 Å². The highest BCUT2D eigenvalue weighted by Gasteiger charge is 2.33. The third-order valence-electron chi connectivity index (χ3n) is 3.44. The number of hydrogen-bond donors (Lipinski definition) is 1. The van der Waals surface area contributed by atoms with Crippen molar-refractivity contribution in [1.82, 2.24) is 9.88 Å². The molecule has 1 aliphatic heterocycles. The predicted molar refractivity (Wildman–Crippen MR) is 68.8 cm³/mol. The van der Waals surface area contributed by atoms with Gasteiger partial charge in [-0.1, -0.05) is 24.3 Å². The van der Waals surface area contributed by atoms with Crippen LogP contribution in [-0.2, 0) is 0 Å². The first-order chi connectivity index (χ1) is 9.20. The number of nitrogens with zero attached hydrogens (tertiary/aromatic N) is 2. The number of benzene rings is 1. The highest BCUT2D eigenvalue weighted by Crippen LogP contribution is 2.29. The molecule has 0 unspecified atom stereocenters. The van der Waals surface area contributed by atoms with Crippen LogP contribution in [0.1, 0.15) is 10.5 Å². The molecule has 1 fully saturated rings. The lowest BCUT2D eigenvalue weighted by Gasteiger charge is -2.37. The Bertz CT molecular complexity index is 638. The highest BCUT2D eigenvalue weighted by atomic mass is 19.1. The molecule has 3 rings (SSSR count). The van der Waals surface area contributed by atoms with Crippen LogP contribution in [0, 0.1) is 5.92 Å². The van der Waals surface area contributed by atoms with E-state index in [4.69, 9.17) is 0 Å². The molecule has 2 aromatic rings. The minimum atomic E-state index is -0.416. The lowest BCUT2D eigenvalue weighted by Crippen LogP contribution is -2.51. The molecule has 2 heterocycles. The Balaban J connectivity index is 1.93. The van der Waals surface area contributed by atoms with Crippen molar-refractivity contribution in [3.05, 3.63) is 36.2 Å². The number of alkyl halides is 1. The number of rotatable bonds is 2. The number of amides is 1. The molecular weight excluding hydrogens is 247 g/mol. The van der Waals surface area contributed by atoms with Gasteiger partial charge in [0.25, 0.3) is 5.91 Å². The van der Waals surface area contributed by atoms with Crippen LogP contribution in [-0.4, -0.2) is 40.7 Å². The maximum Gasteiger partial charge on any atom is 0.276 e. The van der Waals surface area contributed by atoms with E-state index in [9.17, 15) is 14.3 Å². The van der Waals surface area contributed by atoms with Crippen LogP contribution < -0.4 is 0 Å². The van der Waals surface area contributed by atoms with E-state index in [0.29, 0.717) is 18.5 Å². The zero-order chi connectivity index (χ0) is 13.4. The molecule has 5 heteroatoms. The van der Waals surface area contributed by atoms with Crippen molar-refractivity contribution in [2.75, 3.05) is 19.8 Å². The molecule has 19 heavy (non-hydrogen) atoms. The van der Waals surface area contributed by atoms with Crippen molar-refractivity contribution in [2.45, 2.75) is 0 Å². The van der Waals surface area contributed by atoms with Crippen molar-refractivity contribution in [2.24, 2.45) is 5.92 Å². The molecule has 0 saturated carbocycles. The largest absolute Gasteiger partial charge is 0.505 e. The number of aromatic nitrogens is 1. The number of halogens is 1. The van der Waals surface area contributed by atoms with E-state index in [1.54, 1.807) is 18.3 Å². The lowest BCUT2D eigenvalue weighted by atomic mass is 10.0. The second kappa shape index (κ2) is 4.50. The van der Waals surface area contributed by atoms with Gasteiger partial charge in [-0.25, -0.2) is 4.98 Å². The van der Waals surface area contributed by atoms with E-state index < -0.39 is 6.67 Å². The molecule has 1 aliphatic rings. The minimum Gasteiger partial charge on any atom is -0.505 e. The fourth-order valence-electron chi connectivity index (χ4n) is 2.29. The van der Waals surface area contributed by atoms with Crippen LogP contribution in [0.15, 0.2) is 30.5 Å². The first kappa shape index (κ1) is 11.9. The van der Waals surface area contributed by atoms with E-state index in [0.717, 1.165) is 5.39 Å². The van der Waals surface area contributed by atoms with Crippen LogP contribution in [0.4, 0.5) is 4.39 Å². The lowest BCUT2D eigenvalue weighted by molar-refractivity contribution is 0.0444. The molecular formula is C14H13FN2O2. The Morgan fingerprint density at radius 2 is 2.16 bits per heavy atom. The average molecular weight is 260 g/mol. The van der Waals surface area contributed by atoms with Crippen LogP contribution in [0.3, 0.4) is 0 Å². The van der Waals surface area contributed by atoms with Gasteiger partial charge in [0.05, 0.1) is 6.67 Å². The summed E-state index contributed by atoms with van der Waals surface area (Å²) in [6.07, 6.45) is 1.56. The second-order valence-electron chi connectivity index (χ2n) is 4.77. The molecule has 1 aromatic carbocycles. The van der Waals surface area contributed by atoms with E-state index in [2.05, 4.69) is 4.98 Å². The maximum atomic E-state index is 12.4. The van der Waals surface area contributed by atoms with Crippen molar-refractivity contribution in [1.29, 1.82) is 0 Å². The molecule has 1 saturated heterocycles. The van der Waals surface area contributed by atoms with Crippen LogP contribution in [0.2, 0.25) is 0 Å². The van der Waals surface area contributed by atoms with Gasteiger partial charge < -0.3 is 10.0 Å². The van der Waals surface area contributed by atoms with Crippen molar-refractivity contribution in [3.63, 3.8) is 0 Å². The average Bonchev–Trinajstić information content (AvgIpc) is 2.38. The Kier molecular flexibility index (Phi) is 2.81. The van der Waals surface area contributed by atoms with Gasteiger partial charge in [0.2, 0.25) is 0 Å². The molecule has 4 nitrogen and oxygen atoms in total. The summed E-state index contributed by atoms with van der Waals surface area (Å²) in [5.74, 6) is -0.522. The summed E-state index contributed by atoms with van der Waals surface area (Å²) >= 11 is 0. The van der Waals surface area contributed by atoms with Gasteiger partial charge >= 0.3 is 0 Å². The summed E-state index contributed by atoms with van der Waals surface area (Å²) in [6.45, 7) is 0.369. The third-order valence-corrected chi connectivity index (χ3v) is 3.44. The SMILES string of the molecule is O=C(c1ncc2ccccc2c1O)N1CC(CF)C1. The molecule has 0 spiro atoms. The van der Waals surface area contributed by atoms with Gasteiger partial charge in [-0.15, -0.1) is 0 Å². The number of carbonyl (C=O) groups excluding carboxylic acids is 1. The molecule has 0 bridgehead atoms. The molecule has 0 atom stereocenters. The Labute approximate surface area is 109 Å².